The Morgan fingerprint density at radius 3 is 2.17 bits per heavy atom. The molecule has 10 rings (SSSR count). The molecule has 1 aliphatic carbocycles. The number of aliphatic carboxylic acids is 1. The molecule has 3 heterocycles. The molecule has 0 radical (unpaired) electrons. The Bertz CT molecular complexity index is 3590. The SMILES string of the molecule is CC1=CC(C)(C)N(C)c2cc3cc4cc5c(cc4c(-c4ccc(C#Cc6ccc(-c7c8ccc(=O)cc-8oc8cc(O)ccc78)c(C(=O)OCCCCCC(=O)[O-])c6)cc4)c3cc21)C(C)=CC(C)(C)[NH+]5C. The number of nitrogens with zero attached hydrogens (tertiary/aromatic N) is 1. The van der Waals surface area contributed by atoms with Crippen molar-refractivity contribution in [3.63, 3.8) is 0 Å². The number of anilines is 1. The van der Waals surface area contributed by atoms with Crippen molar-refractivity contribution in [2.45, 2.75) is 78.3 Å². The maximum Gasteiger partial charge on any atom is 0.338 e. The molecule has 0 bridgehead atoms. The summed E-state index contributed by atoms with van der Waals surface area (Å²) in [5.41, 5.74) is 13.1. The Labute approximate surface area is 413 Å². The third-order valence-corrected chi connectivity index (χ3v) is 14.8. The number of hydrogen-bond acceptors (Lipinski definition) is 8. The molecular formula is C62H56N2O7. The third-order valence-electron chi connectivity index (χ3n) is 14.8. The number of likely N-dealkylation sites (N-methyl/N-ethyl adjacent to an activating group) is 2. The van der Waals surface area contributed by atoms with Gasteiger partial charge in [-0.2, -0.15) is 0 Å². The van der Waals surface area contributed by atoms with Crippen LogP contribution in [0.2, 0.25) is 0 Å². The molecule has 1 unspecified atom stereocenters. The molecule has 0 saturated heterocycles. The van der Waals surface area contributed by atoms with Crippen LogP contribution in [0.15, 0.2) is 131 Å². The largest absolute Gasteiger partial charge is 0.550 e. The zero-order chi connectivity index (χ0) is 50.1. The summed E-state index contributed by atoms with van der Waals surface area (Å²) in [5, 5.41) is 26.7. The second-order valence-corrected chi connectivity index (χ2v) is 20.4. The number of hydrogen-bond donors (Lipinski definition) is 2. The summed E-state index contributed by atoms with van der Waals surface area (Å²) in [4.78, 5) is 41.3. The molecule has 2 N–H and O–H groups in total. The molecule has 356 valence electrons. The van der Waals surface area contributed by atoms with Crippen LogP contribution < -0.4 is 20.3 Å². The number of ether oxygens (including phenoxy) is 1. The highest BCUT2D eigenvalue weighted by Crippen LogP contribution is 2.47. The summed E-state index contributed by atoms with van der Waals surface area (Å²) >= 11 is 0. The molecule has 3 aliphatic heterocycles. The van der Waals surface area contributed by atoms with E-state index in [0.717, 1.165) is 11.1 Å². The van der Waals surface area contributed by atoms with E-state index in [1.54, 1.807) is 24.3 Å². The Morgan fingerprint density at radius 2 is 1.41 bits per heavy atom. The van der Waals surface area contributed by atoms with E-state index in [9.17, 15) is 24.6 Å². The molecule has 6 aromatic carbocycles. The van der Waals surface area contributed by atoms with Gasteiger partial charge in [-0.15, -0.1) is 0 Å². The van der Waals surface area contributed by atoms with Crippen LogP contribution in [-0.4, -0.2) is 48.8 Å². The van der Waals surface area contributed by atoms with Gasteiger partial charge in [0, 0.05) is 75.7 Å². The van der Waals surface area contributed by atoms with E-state index in [-0.39, 0.29) is 40.8 Å². The molecule has 9 heteroatoms. The number of benzene rings is 7. The first kappa shape index (κ1) is 46.8. The Morgan fingerprint density at radius 1 is 0.718 bits per heavy atom. The number of carbonyl (C=O) groups is 2. The summed E-state index contributed by atoms with van der Waals surface area (Å²) in [6.07, 6.45) is 6.12. The van der Waals surface area contributed by atoms with Gasteiger partial charge in [0.05, 0.1) is 24.8 Å². The number of fused-ring (bicyclic) bond motifs is 6. The highest BCUT2D eigenvalue weighted by atomic mass is 16.5. The minimum atomic E-state index is -1.11. The number of phenolic OH excluding ortho intramolecular Hbond substituents is 1. The van der Waals surface area contributed by atoms with Crippen molar-refractivity contribution in [1.29, 1.82) is 0 Å². The Hall–Kier alpha value is -7.93. The monoisotopic (exact) mass is 940 g/mol. The molecule has 6 aromatic rings. The first-order chi connectivity index (χ1) is 33.9. The lowest BCUT2D eigenvalue weighted by Gasteiger charge is -2.41. The summed E-state index contributed by atoms with van der Waals surface area (Å²) in [7, 11) is 4.44. The number of allylic oxidation sites excluding steroid dienone is 2. The normalized spacial score (nSPS) is 15.7. The fourth-order valence-electron chi connectivity index (χ4n) is 10.6. The van der Waals surface area contributed by atoms with Gasteiger partial charge in [-0.3, -0.25) is 9.69 Å². The molecule has 0 aromatic heterocycles. The van der Waals surface area contributed by atoms with Crippen LogP contribution in [0.4, 0.5) is 11.4 Å². The summed E-state index contributed by atoms with van der Waals surface area (Å²) in [6.45, 7) is 13.6. The van der Waals surface area contributed by atoms with Crippen molar-refractivity contribution in [3.05, 3.63) is 159 Å². The summed E-state index contributed by atoms with van der Waals surface area (Å²) < 4.78 is 11.9. The quantitative estimate of drug-likeness (QED) is 0.0634. The van der Waals surface area contributed by atoms with Crippen molar-refractivity contribution in [2.75, 3.05) is 25.6 Å². The fourth-order valence-corrected chi connectivity index (χ4v) is 10.6. The number of rotatable bonds is 9. The summed E-state index contributed by atoms with van der Waals surface area (Å²) in [5.74, 6) is 5.25. The van der Waals surface area contributed by atoms with Crippen molar-refractivity contribution in [2.24, 2.45) is 0 Å². The Balaban J connectivity index is 1.06. The number of unbranched alkanes of at least 4 members (excludes halogenated alkanes) is 2. The third kappa shape index (κ3) is 8.63. The van der Waals surface area contributed by atoms with Gasteiger partial charge in [0.15, 0.2) is 5.43 Å². The van der Waals surface area contributed by atoms with Gasteiger partial charge in [-0.25, -0.2) is 4.79 Å². The predicted octanol–water partition coefficient (Wildman–Crippen LogP) is 11.1. The van der Waals surface area contributed by atoms with Gasteiger partial charge in [0.25, 0.3) is 0 Å². The molecule has 4 aliphatic rings. The second-order valence-electron chi connectivity index (χ2n) is 20.4. The molecule has 9 nitrogen and oxygen atoms in total. The van der Waals surface area contributed by atoms with Crippen LogP contribution in [0.5, 0.6) is 5.75 Å². The van der Waals surface area contributed by atoms with Gasteiger partial charge in [0.2, 0.25) is 0 Å². The number of phenols is 1. The van der Waals surface area contributed by atoms with Crippen molar-refractivity contribution >= 4 is 67.0 Å². The van der Waals surface area contributed by atoms with Crippen LogP contribution in [-0.2, 0) is 9.53 Å². The first-order valence-corrected chi connectivity index (χ1v) is 24.3. The van der Waals surface area contributed by atoms with Gasteiger partial charge in [-0.05, 0) is 195 Å². The lowest BCUT2D eigenvalue weighted by molar-refractivity contribution is -0.857. The smallest absolute Gasteiger partial charge is 0.338 e. The van der Waals surface area contributed by atoms with E-state index in [1.165, 1.54) is 83.9 Å². The molecule has 71 heavy (non-hydrogen) atoms. The molecule has 0 saturated carbocycles. The highest BCUT2D eigenvalue weighted by Gasteiger charge is 2.35. The predicted molar refractivity (Wildman–Crippen MR) is 283 cm³/mol. The van der Waals surface area contributed by atoms with Crippen LogP contribution in [0.3, 0.4) is 0 Å². The van der Waals surface area contributed by atoms with Crippen molar-refractivity contribution in [1.82, 2.24) is 0 Å². The van der Waals surface area contributed by atoms with E-state index in [1.807, 2.05) is 24.3 Å². The lowest BCUT2D eigenvalue weighted by atomic mass is 9.83. The number of carbonyl (C=O) groups excluding carboxylic acids is 2. The minimum Gasteiger partial charge on any atom is -0.550 e. The fraction of sp³-hybridized carbons (Fsp3) is 0.242. The van der Waals surface area contributed by atoms with Crippen LogP contribution in [0, 0.1) is 11.8 Å². The standard InChI is InChI=1S/C62H56N2O7/c1-36-34-61(3,4)63(7)53-28-41-27-42-29-54-49(37(2)35-62(5,6)64(54)8)33-51(42)58(50(41)32-48(36)53)40-18-15-38(16-19-40)13-14-39-17-22-45(52(26-39)60(69)70-25-11-9-10-12-57(67)68)59-46-23-20-43(65)30-55(46)71-56-31-44(66)21-24-47(56)59/h15-24,26-35,65H,9-12,25H2,1-8H3,(H,67,68). The summed E-state index contributed by atoms with van der Waals surface area (Å²) in [6, 6.07) is 34.9. The van der Waals surface area contributed by atoms with Crippen LogP contribution >= 0.6 is 0 Å². The molecule has 0 amide bonds. The maximum absolute atomic E-state index is 14.1. The van der Waals surface area contributed by atoms with Crippen LogP contribution in [0.1, 0.15) is 99.8 Å². The minimum absolute atomic E-state index is 0.0142. The van der Waals surface area contributed by atoms with Crippen molar-refractivity contribution < 1.29 is 33.9 Å². The number of carboxylic acids is 1. The molecular weight excluding hydrogens is 885 g/mol. The number of quaternary nitrogens is 1. The average molecular weight is 941 g/mol. The average Bonchev–Trinajstić information content (AvgIpc) is 3.33. The van der Waals surface area contributed by atoms with E-state index < -0.39 is 11.9 Å². The van der Waals surface area contributed by atoms with Gasteiger partial charge in [-0.1, -0.05) is 36.1 Å². The van der Waals surface area contributed by atoms with E-state index >= 15 is 0 Å². The molecule has 0 fully saturated rings. The first-order valence-electron chi connectivity index (χ1n) is 24.3. The van der Waals surface area contributed by atoms with Gasteiger partial charge < -0.3 is 29.1 Å². The van der Waals surface area contributed by atoms with E-state index in [2.05, 4.69) is 127 Å². The number of nitrogens with one attached hydrogen (secondary N) is 1. The van der Waals surface area contributed by atoms with E-state index in [0.29, 0.717) is 58.2 Å². The Kier molecular flexibility index (Phi) is 11.7. The molecule has 0 spiro atoms. The number of aromatic hydroxyl groups is 1. The lowest BCUT2D eigenvalue weighted by Crippen LogP contribution is -3.12. The second kappa shape index (κ2) is 17.8. The topological polar surface area (TPSA) is 125 Å². The highest BCUT2D eigenvalue weighted by molar-refractivity contribution is 6.16. The zero-order valence-corrected chi connectivity index (χ0v) is 41.4. The van der Waals surface area contributed by atoms with Crippen LogP contribution in [0.25, 0.3) is 77.2 Å². The molecule has 1 atom stereocenters. The van der Waals surface area contributed by atoms with E-state index in [4.69, 9.17) is 9.15 Å². The van der Waals surface area contributed by atoms with Gasteiger partial charge >= 0.3 is 5.97 Å². The number of esters is 1. The zero-order valence-electron chi connectivity index (χ0n) is 41.4. The van der Waals surface area contributed by atoms with Gasteiger partial charge in [0.1, 0.15) is 28.3 Å². The number of carboxylic acid groups (broad SMARTS) is 1. The maximum atomic E-state index is 14.1. The van der Waals surface area contributed by atoms with Crippen molar-refractivity contribution in [3.8, 4) is 51.2 Å².